The van der Waals surface area contributed by atoms with Crippen LogP contribution in [-0.4, -0.2) is 69.4 Å². The number of hydrogen-bond donors (Lipinski definition) is 1. The van der Waals surface area contributed by atoms with E-state index in [4.69, 9.17) is 22.1 Å². The predicted molar refractivity (Wildman–Crippen MR) is 122 cm³/mol. The number of benzene rings is 1. The lowest BCUT2D eigenvalue weighted by Crippen LogP contribution is -2.32. The van der Waals surface area contributed by atoms with Gasteiger partial charge < -0.3 is 9.84 Å². The van der Waals surface area contributed by atoms with Crippen molar-refractivity contribution >= 4 is 58.0 Å². The predicted octanol–water partition coefficient (Wildman–Crippen LogP) is 3.31. The number of carbonyl (C=O) groups is 2. The molecule has 0 saturated carbocycles. The third kappa shape index (κ3) is 5.97. The summed E-state index contributed by atoms with van der Waals surface area (Å²) in [6.07, 6.45) is 2.26. The molecule has 3 rings (SSSR count). The van der Waals surface area contributed by atoms with Gasteiger partial charge in [-0.2, -0.15) is 11.8 Å². The van der Waals surface area contributed by atoms with Gasteiger partial charge in [0, 0.05) is 49.7 Å². The van der Waals surface area contributed by atoms with E-state index in [0.717, 1.165) is 48.0 Å². The largest absolute Gasteiger partial charge is 0.496 e. The van der Waals surface area contributed by atoms with Gasteiger partial charge in [-0.3, -0.25) is 19.4 Å². The summed E-state index contributed by atoms with van der Waals surface area (Å²) in [7, 11) is 1.67. The number of aliphatic carboxylic acids is 1. The van der Waals surface area contributed by atoms with Crippen molar-refractivity contribution in [3.8, 4) is 5.75 Å². The summed E-state index contributed by atoms with van der Waals surface area (Å²) in [6.45, 7) is 3.27. The molecule has 1 amide bonds. The smallest absolute Gasteiger partial charge is 0.303 e. The Hall–Kier alpha value is -1.55. The molecule has 0 radical (unpaired) electrons. The third-order valence-corrected chi connectivity index (χ3v) is 7.07. The van der Waals surface area contributed by atoms with Crippen LogP contribution in [0.4, 0.5) is 0 Å². The van der Waals surface area contributed by atoms with Gasteiger partial charge >= 0.3 is 5.97 Å². The lowest BCUT2D eigenvalue weighted by Gasteiger charge is -2.26. The van der Waals surface area contributed by atoms with Gasteiger partial charge in [0.1, 0.15) is 10.1 Å². The molecule has 2 aliphatic heterocycles. The molecule has 2 fully saturated rings. The van der Waals surface area contributed by atoms with Crippen LogP contribution in [0.25, 0.3) is 6.08 Å². The molecular formula is C20H24N2O4S3. The Kier molecular flexibility index (Phi) is 7.99. The van der Waals surface area contributed by atoms with E-state index in [0.29, 0.717) is 22.2 Å². The van der Waals surface area contributed by atoms with Crippen LogP contribution in [0.3, 0.4) is 0 Å². The van der Waals surface area contributed by atoms with E-state index in [2.05, 4.69) is 11.0 Å². The van der Waals surface area contributed by atoms with E-state index < -0.39 is 5.97 Å². The second-order valence-corrected chi connectivity index (χ2v) is 9.69. The van der Waals surface area contributed by atoms with Crippen molar-refractivity contribution in [1.82, 2.24) is 9.80 Å². The van der Waals surface area contributed by atoms with Crippen LogP contribution in [0.1, 0.15) is 24.0 Å². The van der Waals surface area contributed by atoms with E-state index >= 15 is 0 Å². The van der Waals surface area contributed by atoms with Gasteiger partial charge in [-0.1, -0.05) is 30.0 Å². The van der Waals surface area contributed by atoms with Crippen LogP contribution < -0.4 is 4.74 Å². The minimum Gasteiger partial charge on any atom is -0.496 e. The van der Waals surface area contributed by atoms with Gasteiger partial charge in [-0.25, -0.2) is 0 Å². The SMILES string of the molecule is COc1ccc(/C=C2\SC(=S)N(CCCC(=O)O)C2=O)cc1CN1CCSCC1. The van der Waals surface area contributed by atoms with Gasteiger partial charge in [0.25, 0.3) is 5.91 Å². The van der Waals surface area contributed by atoms with Crippen molar-refractivity contribution in [3.63, 3.8) is 0 Å². The zero-order chi connectivity index (χ0) is 20.8. The summed E-state index contributed by atoms with van der Waals surface area (Å²) in [4.78, 5) is 27.9. The van der Waals surface area contributed by atoms with Gasteiger partial charge in [-0.05, 0) is 30.2 Å². The lowest BCUT2D eigenvalue weighted by atomic mass is 10.1. The normalized spacial score (nSPS) is 19.2. The highest BCUT2D eigenvalue weighted by molar-refractivity contribution is 8.26. The molecule has 0 aliphatic carbocycles. The summed E-state index contributed by atoms with van der Waals surface area (Å²) in [5.41, 5.74) is 2.03. The summed E-state index contributed by atoms with van der Waals surface area (Å²) < 4.78 is 6.01. The van der Waals surface area contributed by atoms with Crippen molar-refractivity contribution < 1.29 is 19.4 Å². The van der Waals surface area contributed by atoms with E-state index in [1.165, 1.54) is 16.7 Å². The summed E-state index contributed by atoms with van der Waals surface area (Å²) in [5, 5.41) is 8.78. The van der Waals surface area contributed by atoms with E-state index in [-0.39, 0.29) is 12.3 Å². The molecule has 2 heterocycles. The summed E-state index contributed by atoms with van der Waals surface area (Å²) in [6, 6.07) is 5.94. The number of nitrogens with zero attached hydrogens (tertiary/aromatic N) is 2. The molecule has 1 aromatic rings. The van der Waals surface area contributed by atoms with Crippen LogP contribution >= 0.6 is 35.7 Å². The third-order valence-electron chi connectivity index (χ3n) is 4.75. The summed E-state index contributed by atoms with van der Waals surface area (Å²) >= 11 is 8.56. The van der Waals surface area contributed by atoms with Gasteiger partial charge in [0.2, 0.25) is 0 Å². The second-order valence-electron chi connectivity index (χ2n) is 6.79. The maximum atomic E-state index is 12.7. The Morgan fingerprint density at radius 1 is 1.34 bits per heavy atom. The first-order valence-corrected chi connectivity index (χ1v) is 11.8. The highest BCUT2D eigenvalue weighted by Crippen LogP contribution is 2.33. The average Bonchev–Trinajstić information content (AvgIpc) is 2.96. The standard InChI is InChI=1S/C20H24N2O4S3/c1-26-16-5-4-14(11-15(16)13-21-7-9-28-10-8-21)12-17-19(25)22(20(27)29-17)6-2-3-18(23)24/h4-5,11-12H,2-3,6-10,13H2,1H3,(H,23,24)/b17-12-. The van der Waals surface area contributed by atoms with Crippen molar-refractivity contribution in [1.29, 1.82) is 0 Å². The Bertz CT molecular complexity index is 822. The number of thiocarbonyl (C=S) groups is 1. The Labute approximate surface area is 184 Å². The van der Waals surface area contributed by atoms with Gasteiger partial charge in [0.15, 0.2) is 0 Å². The highest BCUT2D eigenvalue weighted by atomic mass is 32.2. The van der Waals surface area contributed by atoms with E-state index in [1.807, 2.05) is 30.0 Å². The van der Waals surface area contributed by atoms with Crippen molar-refractivity contribution in [2.75, 3.05) is 38.2 Å². The number of hydrogen-bond acceptors (Lipinski definition) is 7. The molecule has 0 atom stereocenters. The Morgan fingerprint density at radius 3 is 2.79 bits per heavy atom. The topological polar surface area (TPSA) is 70.1 Å². The molecule has 29 heavy (non-hydrogen) atoms. The lowest BCUT2D eigenvalue weighted by molar-refractivity contribution is -0.137. The number of methoxy groups -OCH3 is 1. The molecule has 9 heteroatoms. The fraction of sp³-hybridized carbons (Fsp3) is 0.450. The Balaban J connectivity index is 1.73. The van der Waals surface area contributed by atoms with Crippen LogP contribution in [0.2, 0.25) is 0 Å². The van der Waals surface area contributed by atoms with Gasteiger partial charge in [0.05, 0.1) is 12.0 Å². The van der Waals surface area contributed by atoms with Crippen LogP contribution in [0.15, 0.2) is 23.1 Å². The first-order valence-electron chi connectivity index (χ1n) is 9.42. The molecule has 0 bridgehead atoms. The van der Waals surface area contributed by atoms with Crippen molar-refractivity contribution in [2.24, 2.45) is 0 Å². The van der Waals surface area contributed by atoms with Gasteiger partial charge in [-0.15, -0.1) is 0 Å². The number of rotatable bonds is 8. The number of carboxylic acid groups (broad SMARTS) is 1. The molecule has 1 aromatic carbocycles. The monoisotopic (exact) mass is 452 g/mol. The molecule has 0 aromatic heterocycles. The van der Waals surface area contributed by atoms with Crippen molar-refractivity contribution in [2.45, 2.75) is 19.4 Å². The first-order chi connectivity index (χ1) is 14.0. The summed E-state index contributed by atoms with van der Waals surface area (Å²) in [5.74, 6) is 2.11. The van der Waals surface area contributed by atoms with E-state index in [1.54, 1.807) is 7.11 Å². The highest BCUT2D eigenvalue weighted by Gasteiger charge is 2.31. The first kappa shape index (κ1) is 22.1. The number of ether oxygens (including phenoxy) is 1. The fourth-order valence-corrected chi connectivity index (χ4v) is 5.53. The number of amides is 1. The molecule has 0 spiro atoms. The Morgan fingerprint density at radius 2 is 2.10 bits per heavy atom. The number of thioether (sulfide) groups is 2. The maximum Gasteiger partial charge on any atom is 0.303 e. The molecule has 0 unspecified atom stereocenters. The maximum absolute atomic E-state index is 12.7. The quantitative estimate of drug-likeness (QED) is 0.476. The molecule has 6 nitrogen and oxygen atoms in total. The van der Waals surface area contributed by atoms with E-state index in [9.17, 15) is 9.59 Å². The minimum absolute atomic E-state index is 0.0208. The van der Waals surface area contributed by atoms with Crippen LogP contribution in [-0.2, 0) is 16.1 Å². The molecule has 1 N–H and O–H groups in total. The number of carbonyl (C=O) groups excluding carboxylic acids is 1. The molecule has 2 saturated heterocycles. The molecule has 156 valence electrons. The minimum atomic E-state index is -0.871. The zero-order valence-corrected chi connectivity index (χ0v) is 18.7. The average molecular weight is 453 g/mol. The number of carboxylic acids is 1. The zero-order valence-electron chi connectivity index (χ0n) is 16.3. The molecule has 2 aliphatic rings. The van der Waals surface area contributed by atoms with Crippen LogP contribution in [0.5, 0.6) is 5.75 Å². The second kappa shape index (κ2) is 10.5. The van der Waals surface area contributed by atoms with Crippen LogP contribution in [0, 0.1) is 0 Å². The fourth-order valence-electron chi connectivity index (χ4n) is 3.24. The molecular weight excluding hydrogens is 428 g/mol. The van der Waals surface area contributed by atoms with Crippen molar-refractivity contribution in [3.05, 3.63) is 34.2 Å².